The highest BCUT2D eigenvalue weighted by atomic mass is 16.6. The monoisotopic (exact) mass is 2000 g/mol. The molecule has 10 heterocycles. The third kappa shape index (κ3) is 26.2. The molecule has 0 aromatic heterocycles. The molecule has 8 fully saturated rings. The van der Waals surface area contributed by atoms with Gasteiger partial charge in [0.25, 0.3) is 17.7 Å². The number of likely N-dealkylation sites (tertiary alicyclic amines) is 5. The number of nitrogens with zero attached hydrogens (tertiary/aromatic N) is 7. The van der Waals surface area contributed by atoms with Gasteiger partial charge in [-0.15, -0.1) is 26.3 Å². The number of carboxylic acids is 1. The summed E-state index contributed by atoms with van der Waals surface area (Å²) >= 11 is 0. The number of hydrogen-bond acceptors (Lipinski definition) is 23. The second-order valence-corrected chi connectivity index (χ2v) is 46.1. The van der Waals surface area contributed by atoms with Crippen molar-refractivity contribution in [3.05, 3.63) is 194 Å². The summed E-state index contributed by atoms with van der Waals surface area (Å²) in [5, 5.41) is 12.4. The van der Waals surface area contributed by atoms with Crippen LogP contribution in [0.3, 0.4) is 0 Å². The molecule has 0 bridgehead atoms. The van der Waals surface area contributed by atoms with Gasteiger partial charge in [-0.2, -0.15) is 0 Å². The summed E-state index contributed by atoms with van der Waals surface area (Å²) < 4.78 is 49.5. The maximum atomic E-state index is 14.0. The fraction of sp³-hybridized carbons (Fsp3) is 0.570. The minimum atomic E-state index is -1.32. The summed E-state index contributed by atoms with van der Waals surface area (Å²) in [6.07, 6.45) is 21.8. The number of carbonyl (C=O) groups is 13. The van der Waals surface area contributed by atoms with Crippen LogP contribution in [0.1, 0.15) is 289 Å². The summed E-state index contributed by atoms with van der Waals surface area (Å²) in [5.74, 6) is -3.26. The van der Waals surface area contributed by atoms with Gasteiger partial charge >= 0.3 is 60.2 Å². The maximum Gasteiger partial charge on any atom is 0.411 e. The van der Waals surface area contributed by atoms with Gasteiger partial charge in [0.05, 0.1) is 18.1 Å². The first-order valence-corrected chi connectivity index (χ1v) is 51.0. The zero-order chi connectivity index (χ0) is 107. The van der Waals surface area contributed by atoms with Gasteiger partial charge in [-0.05, 0) is 293 Å². The van der Waals surface area contributed by atoms with Gasteiger partial charge in [0.15, 0.2) is 5.54 Å². The molecule has 788 valence electrons. The quantitative estimate of drug-likeness (QED) is 0.0672. The molecule has 4 aromatic carbocycles. The molecule has 7 amide bonds. The number of benzene rings is 4. The summed E-state index contributed by atoms with van der Waals surface area (Å²) in [5.41, 5.74) is 0.599. The number of nitrogens with one attached hydrogen (secondary N) is 1. The molecule has 145 heavy (non-hydrogen) atoms. The number of esters is 5. The molecule has 4 aromatic rings. The Hall–Kier alpha value is -12.4. The Bertz CT molecular complexity index is 5480. The number of amides is 7. The van der Waals surface area contributed by atoms with Crippen LogP contribution >= 0.6 is 0 Å². The van der Waals surface area contributed by atoms with Crippen molar-refractivity contribution in [3.63, 3.8) is 0 Å². The summed E-state index contributed by atoms with van der Waals surface area (Å²) in [6, 6.07) is 30.6. The van der Waals surface area contributed by atoms with Crippen molar-refractivity contribution >= 4 is 77.9 Å². The zero-order valence-corrected chi connectivity index (χ0v) is 89.1. The molecule has 10 aliphatic heterocycles. The topological polar surface area (TPSA) is 360 Å². The maximum absolute atomic E-state index is 14.0. The Labute approximate surface area is 855 Å². The van der Waals surface area contributed by atoms with Gasteiger partial charge in [0.2, 0.25) is 0 Å². The first-order chi connectivity index (χ1) is 67.7. The number of carbonyl (C=O) groups excluding carboxylic acids is 12. The molecule has 31 nitrogen and oxygen atoms in total. The van der Waals surface area contributed by atoms with E-state index in [4.69, 9.17) is 42.6 Å². The SMILES string of the molecule is C=C[C@@H]1CC[C@@H](C(=O)OC(C)(C)C)N1.C=C[C@@H]1CC[C@@H](C(=O)OC(C)(C)C)N1C(=O)[C@]1(C=C)CCCN1C(=O)OC(C)(C)C.C=C[C@@]1(C(=O)O)CCCN1C(=O)OC(C)(C)C.CC(=O)OCC1c2ccccc2-c2ccccc21.CC(C)(C)OC(=O)[C@@H]1CC[C@H]2C=C[C@]3(CCCN3C(=O)OC(C)(C)C)C(=O)N21.CC(C)(C)OC(=O)[C@@H]1CC[C@H]2C=C[C@]3(CCCN3C(=O)OCC3c4ccccc4-c4ccccc43)C(=O)N21. The Kier molecular flexibility index (Phi) is 35.0. The van der Waals surface area contributed by atoms with Crippen LogP contribution in [-0.4, -0.2) is 266 Å². The van der Waals surface area contributed by atoms with E-state index in [2.05, 4.69) is 80.2 Å². The number of hydrogen-bond donors (Lipinski definition) is 2. The van der Waals surface area contributed by atoms with Crippen molar-refractivity contribution in [2.45, 2.75) is 377 Å². The largest absolute Gasteiger partial charge is 0.479 e. The minimum Gasteiger partial charge on any atom is -0.479 e. The van der Waals surface area contributed by atoms with Crippen LogP contribution < -0.4 is 5.32 Å². The normalized spacial score (nSPS) is 25.3. The molecule has 0 unspecified atom stereocenters. The zero-order valence-electron chi connectivity index (χ0n) is 89.1. The minimum absolute atomic E-state index is 0.0537. The van der Waals surface area contributed by atoms with Gasteiger partial charge < -0.3 is 62.4 Å². The summed E-state index contributed by atoms with van der Waals surface area (Å²) in [7, 11) is 0. The standard InChI is InChI=1S/C31H34N2O5.C23H36N2O5.C21H32N2O5.C16H14O2.C12H19NO4.C11H19NO2/c1-30(2,3)38-27(34)26-14-13-20-15-17-31(28(35)33(20)26)16-8-18-32(31)29(36)37-19-25-23-11-6-4-9-21(23)22-10-5-7-12-24(22)25;1-9-16-12-13-17(18(26)29-21(3,4)5)25(16)19(27)23(10-2)14-11-15-24(23)20(28)30-22(6,7)8;1-19(2,3)27-16(24)15-9-8-14-10-12-21(17(25)23(14)15)11-7-13-22(21)18(26)28-20(4,5)6;1-11(17)18-10-16-14-8-4-2-6-12(14)13-7-3-5-9-15(13)16;1-5-12(9(14)15)7-6-8-13(12)10(16)17-11(2,3)4;1-5-8-6-7-9(12-8)10(13)14-11(2,3)4/h4-7,9-12,15,17,20,25-26H,8,13-14,16,18-19H2,1-3H3;9-10,16-17H,1-2,11-15H2,3-8H3;10,12,14-15H,7-9,11,13H2,1-6H3;2-9,16H,10H2,1H3;5H,1,6-8H2,2-4H3,(H,14,15);5,8-9,12H,1,6-7H2,2-4H3/t20-,26-,31+;16-,17+,23+;14-,15-,21+;;12-;8-,9+/m010.01/s1. The first kappa shape index (κ1) is 113. The molecule has 0 radical (unpaired) electrons. The highest BCUT2D eigenvalue weighted by Gasteiger charge is 2.61. The third-order valence-corrected chi connectivity index (χ3v) is 27.3. The predicted molar refractivity (Wildman–Crippen MR) is 550 cm³/mol. The van der Waals surface area contributed by atoms with E-state index in [0.29, 0.717) is 123 Å². The van der Waals surface area contributed by atoms with Crippen LogP contribution in [0, 0.1) is 0 Å². The van der Waals surface area contributed by atoms with Gasteiger partial charge in [-0.3, -0.25) is 48.9 Å². The third-order valence-electron chi connectivity index (χ3n) is 27.3. The number of rotatable bonds is 14. The lowest BCUT2D eigenvalue weighted by Crippen LogP contribution is -2.63. The van der Waals surface area contributed by atoms with E-state index in [1.165, 1.54) is 72.1 Å². The van der Waals surface area contributed by atoms with Crippen molar-refractivity contribution in [2.24, 2.45) is 0 Å². The van der Waals surface area contributed by atoms with Crippen LogP contribution in [0.15, 0.2) is 172 Å². The fourth-order valence-electron chi connectivity index (χ4n) is 21.2. The molecule has 2 aliphatic carbocycles. The second kappa shape index (κ2) is 44.9. The van der Waals surface area contributed by atoms with Gasteiger partial charge in [0, 0.05) is 51.0 Å². The van der Waals surface area contributed by atoms with Crippen molar-refractivity contribution < 1.29 is 110 Å². The molecule has 12 atom stereocenters. The van der Waals surface area contributed by atoms with E-state index >= 15 is 0 Å². The summed E-state index contributed by atoms with van der Waals surface area (Å²) in [4.78, 5) is 176. The van der Waals surface area contributed by atoms with Crippen molar-refractivity contribution in [1.82, 2.24) is 39.6 Å². The average molecular weight is 2000 g/mol. The Morgan fingerprint density at radius 3 is 1.08 bits per heavy atom. The van der Waals surface area contributed by atoms with E-state index in [-0.39, 0.29) is 90.3 Å². The molecule has 2 spiro atoms. The smallest absolute Gasteiger partial charge is 0.411 e. The molecular weight excluding hydrogens is 1850 g/mol. The molecule has 31 heteroatoms. The van der Waals surface area contributed by atoms with Gasteiger partial charge in [-0.1, -0.05) is 146 Å². The Balaban J connectivity index is 0.000000171. The van der Waals surface area contributed by atoms with Crippen LogP contribution in [0.2, 0.25) is 0 Å². The molecule has 12 aliphatic rings. The number of aliphatic carboxylic acids is 1. The number of carboxylic acid groups (broad SMARTS) is 1. The van der Waals surface area contributed by atoms with Crippen LogP contribution in [0.4, 0.5) is 19.2 Å². The van der Waals surface area contributed by atoms with E-state index in [1.54, 1.807) is 104 Å². The van der Waals surface area contributed by atoms with Gasteiger partial charge in [-0.25, -0.2) is 38.4 Å². The van der Waals surface area contributed by atoms with Crippen molar-refractivity contribution in [3.8, 4) is 22.3 Å². The average Bonchev–Trinajstić information content (AvgIpc) is 1.58. The summed E-state index contributed by atoms with van der Waals surface area (Å²) in [6.45, 7) is 56.6. The molecular formula is C114H154N8O23. The second-order valence-electron chi connectivity index (χ2n) is 46.1. The Morgan fingerprint density at radius 1 is 0.386 bits per heavy atom. The van der Waals surface area contributed by atoms with E-state index in [0.717, 1.165) is 24.0 Å². The van der Waals surface area contributed by atoms with E-state index in [9.17, 15) is 67.4 Å². The molecule has 16 rings (SSSR count). The van der Waals surface area contributed by atoms with Crippen LogP contribution in [-0.2, 0) is 85.8 Å². The first-order valence-electron chi connectivity index (χ1n) is 51.0. The molecule has 2 N–H and O–H groups in total. The van der Waals surface area contributed by atoms with Crippen LogP contribution in [0.5, 0.6) is 0 Å². The predicted octanol–water partition coefficient (Wildman–Crippen LogP) is 18.9. The van der Waals surface area contributed by atoms with Crippen LogP contribution in [0.25, 0.3) is 22.3 Å². The molecule has 0 saturated carbocycles. The lowest BCUT2D eigenvalue weighted by molar-refractivity contribution is -0.166. The lowest BCUT2D eigenvalue weighted by Gasteiger charge is -2.43. The van der Waals surface area contributed by atoms with E-state index in [1.807, 2.05) is 141 Å². The number of fused-ring (bicyclic) bond motifs is 8. The van der Waals surface area contributed by atoms with Crippen molar-refractivity contribution in [2.75, 3.05) is 39.4 Å². The lowest BCUT2D eigenvalue weighted by atomic mass is 9.89. The number of ether oxygens (including phenoxy) is 9. The highest BCUT2D eigenvalue weighted by Crippen LogP contribution is 2.50. The van der Waals surface area contributed by atoms with Gasteiger partial charge in [0.1, 0.15) is 93.2 Å². The van der Waals surface area contributed by atoms with E-state index < -0.39 is 116 Å². The Morgan fingerprint density at radius 2 is 0.717 bits per heavy atom. The van der Waals surface area contributed by atoms with Crippen molar-refractivity contribution in [1.29, 1.82) is 0 Å². The fourth-order valence-corrected chi connectivity index (χ4v) is 21.2. The molecule has 8 saturated heterocycles. The highest BCUT2D eigenvalue weighted by molar-refractivity contribution is 6.00.